The molecular weight excluding hydrogens is 228 g/mol. The molecule has 18 heavy (non-hydrogen) atoms. The van der Waals surface area contributed by atoms with Crippen LogP contribution in [-0.4, -0.2) is 11.5 Å². The Kier molecular flexibility index (Phi) is 4.20. The van der Waals surface area contributed by atoms with Gasteiger partial charge < -0.3 is 14.2 Å². The Bertz CT molecular complexity index is 485. The van der Waals surface area contributed by atoms with Gasteiger partial charge in [0.2, 0.25) is 0 Å². The van der Waals surface area contributed by atoms with E-state index in [1.807, 2.05) is 6.07 Å². The molecule has 1 N–H and O–H groups in total. The fraction of sp³-hybridized carbons (Fsp3) is 0.500. The van der Waals surface area contributed by atoms with Crippen LogP contribution in [0.3, 0.4) is 0 Å². The second-order valence-electron chi connectivity index (χ2n) is 4.76. The van der Waals surface area contributed by atoms with E-state index < -0.39 is 0 Å². The predicted octanol–water partition coefficient (Wildman–Crippen LogP) is 3.24. The highest BCUT2D eigenvalue weighted by atomic mass is 16.3. The van der Waals surface area contributed by atoms with Crippen molar-refractivity contribution in [2.45, 2.75) is 33.7 Å². The standard InChI is InChI=1S/C14H20N2O2/c1-4-13-11(5-6-17-13)14-12(16-9-18-14)8-15-7-10(2)3/h5-6,9-10,15H,4,7-8H2,1-3H3. The quantitative estimate of drug-likeness (QED) is 0.852. The molecule has 0 saturated carbocycles. The van der Waals surface area contributed by atoms with Crippen molar-refractivity contribution in [3.63, 3.8) is 0 Å². The summed E-state index contributed by atoms with van der Waals surface area (Å²) in [6.45, 7) is 8.12. The monoisotopic (exact) mass is 248 g/mol. The third kappa shape index (κ3) is 2.82. The van der Waals surface area contributed by atoms with Gasteiger partial charge in [0.15, 0.2) is 12.2 Å². The van der Waals surface area contributed by atoms with Crippen molar-refractivity contribution >= 4 is 0 Å². The lowest BCUT2D eigenvalue weighted by Gasteiger charge is -2.06. The highest BCUT2D eigenvalue weighted by molar-refractivity contribution is 5.61. The molecule has 2 aromatic heterocycles. The molecule has 0 aromatic carbocycles. The Hall–Kier alpha value is -1.55. The summed E-state index contributed by atoms with van der Waals surface area (Å²) in [5.41, 5.74) is 1.95. The lowest BCUT2D eigenvalue weighted by Crippen LogP contribution is -2.19. The molecule has 0 aliphatic rings. The Balaban J connectivity index is 2.12. The molecule has 0 saturated heterocycles. The van der Waals surface area contributed by atoms with Crippen molar-refractivity contribution in [1.82, 2.24) is 10.3 Å². The highest BCUT2D eigenvalue weighted by Crippen LogP contribution is 2.28. The summed E-state index contributed by atoms with van der Waals surface area (Å²) in [6.07, 6.45) is 4.04. The van der Waals surface area contributed by atoms with Crippen LogP contribution in [0.2, 0.25) is 0 Å². The van der Waals surface area contributed by atoms with E-state index in [2.05, 4.69) is 31.1 Å². The molecule has 2 rings (SSSR count). The van der Waals surface area contributed by atoms with Gasteiger partial charge >= 0.3 is 0 Å². The first kappa shape index (κ1) is 12.9. The van der Waals surface area contributed by atoms with Crippen LogP contribution in [0.5, 0.6) is 0 Å². The number of nitrogens with zero attached hydrogens (tertiary/aromatic N) is 1. The molecule has 0 aliphatic carbocycles. The zero-order valence-corrected chi connectivity index (χ0v) is 11.2. The van der Waals surface area contributed by atoms with Gasteiger partial charge in [0.1, 0.15) is 11.5 Å². The lowest BCUT2D eigenvalue weighted by molar-refractivity contribution is 0.512. The number of aromatic nitrogens is 1. The molecule has 4 nitrogen and oxygen atoms in total. The molecule has 0 fully saturated rings. The van der Waals surface area contributed by atoms with Gasteiger partial charge in [0, 0.05) is 13.0 Å². The summed E-state index contributed by atoms with van der Waals surface area (Å²) in [7, 11) is 0. The van der Waals surface area contributed by atoms with Gasteiger partial charge in [0.05, 0.1) is 11.8 Å². The molecule has 2 heterocycles. The molecule has 0 aliphatic heterocycles. The van der Waals surface area contributed by atoms with Crippen LogP contribution in [-0.2, 0) is 13.0 Å². The number of rotatable bonds is 6. The van der Waals surface area contributed by atoms with Crippen molar-refractivity contribution in [1.29, 1.82) is 0 Å². The predicted molar refractivity (Wildman–Crippen MR) is 70.1 cm³/mol. The largest absolute Gasteiger partial charge is 0.469 e. The van der Waals surface area contributed by atoms with Gasteiger partial charge in [0.25, 0.3) is 0 Å². The van der Waals surface area contributed by atoms with Crippen LogP contribution in [0.4, 0.5) is 0 Å². The molecule has 0 atom stereocenters. The van der Waals surface area contributed by atoms with Gasteiger partial charge in [-0.25, -0.2) is 4.98 Å². The fourth-order valence-corrected chi connectivity index (χ4v) is 1.91. The zero-order chi connectivity index (χ0) is 13.0. The Morgan fingerprint density at radius 2 is 2.17 bits per heavy atom. The van der Waals surface area contributed by atoms with E-state index in [1.54, 1.807) is 6.26 Å². The molecule has 0 amide bonds. The zero-order valence-electron chi connectivity index (χ0n) is 11.2. The molecule has 0 spiro atoms. The second-order valence-corrected chi connectivity index (χ2v) is 4.76. The van der Waals surface area contributed by atoms with Crippen LogP contribution in [0.1, 0.15) is 32.2 Å². The topological polar surface area (TPSA) is 51.2 Å². The maximum Gasteiger partial charge on any atom is 0.181 e. The van der Waals surface area contributed by atoms with E-state index in [0.29, 0.717) is 5.92 Å². The van der Waals surface area contributed by atoms with E-state index in [9.17, 15) is 0 Å². The first-order chi connectivity index (χ1) is 8.72. The summed E-state index contributed by atoms with van der Waals surface area (Å²) in [5.74, 6) is 2.38. The highest BCUT2D eigenvalue weighted by Gasteiger charge is 2.15. The van der Waals surface area contributed by atoms with Gasteiger partial charge in [-0.3, -0.25) is 0 Å². The average Bonchev–Trinajstić information content (AvgIpc) is 2.95. The van der Waals surface area contributed by atoms with Crippen molar-refractivity contribution in [3.05, 3.63) is 30.2 Å². The van der Waals surface area contributed by atoms with Crippen molar-refractivity contribution in [3.8, 4) is 11.3 Å². The third-order valence-electron chi connectivity index (χ3n) is 2.80. The molecule has 2 aromatic rings. The van der Waals surface area contributed by atoms with Crippen LogP contribution < -0.4 is 5.32 Å². The maximum absolute atomic E-state index is 5.50. The van der Waals surface area contributed by atoms with Crippen molar-refractivity contribution in [2.75, 3.05) is 6.54 Å². The second kappa shape index (κ2) is 5.87. The van der Waals surface area contributed by atoms with Gasteiger partial charge in [-0.05, 0) is 18.5 Å². The number of hydrogen-bond donors (Lipinski definition) is 1. The summed E-state index contributed by atoms with van der Waals surface area (Å²) < 4.78 is 10.9. The SMILES string of the molecule is CCc1occc1-c1ocnc1CNCC(C)C. The Morgan fingerprint density at radius 3 is 2.89 bits per heavy atom. The summed E-state index contributed by atoms with van der Waals surface area (Å²) in [6, 6.07) is 1.94. The van der Waals surface area contributed by atoms with Crippen LogP contribution in [0.25, 0.3) is 11.3 Å². The van der Waals surface area contributed by atoms with Crippen LogP contribution in [0, 0.1) is 5.92 Å². The smallest absolute Gasteiger partial charge is 0.181 e. The molecule has 4 heteroatoms. The molecule has 98 valence electrons. The number of hydrogen-bond acceptors (Lipinski definition) is 4. The molecule has 0 unspecified atom stereocenters. The number of aryl methyl sites for hydroxylation is 1. The van der Waals surface area contributed by atoms with Crippen LogP contribution >= 0.6 is 0 Å². The van der Waals surface area contributed by atoms with E-state index in [-0.39, 0.29) is 0 Å². The minimum atomic E-state index is 0.625. The average molecular weight is 248 g/mol. The third-order valence-corrected chi connectivity index (χ3v) is 2.80. The maximum atomic E-state index is 5.50. The Morgan fingerprint density at radius 1 is 1.33 bits per heavy atom. The number of nitrogens with one attached hydrogen (secondary N) is 1. The Labute approximate surface area is 107 Å². The summed E-state index contributed by atoms with van der Waals surface area (Å²) in [4.78, 5) is 4.27. The van der Waals surface area contributed by atoms with Gasteiger partial charge in [-0.15, -0.1) is 0 Å². The van der Waals surface area contributed by atoms with E-state index in [1.165, 1.54) is 6.39 Å². The summed E-state index contributed by atoms with van der Waals surface area (Å²) in [5, 5.41) is 3.37. The van der Waals surface area contributed by atoms with Gasteiger partial charge in [-0.1, -0.05) is 20.8 Å². The van der Waals surface area contributed by atoms with Crippen molar-refractivity contribution < 1.29 is 8.83 Å². The molecule has 0 radical (unpaired) electrons. The van der Waals surface area contributed by atoms with Gasteiger partial charge in [-0.2, -0.15) is 0 Å². The first-order valence-electron chi connectivity index (χ1n) is 6.42. The van der Waals surface area contributed by atoms with Crippen molar-refractivity contribution in [2.24, 2.45) is 5.92 Å². The normalized spacial score (nSPS) is 11.3. The number of oxazole rings is 1. The minimum absolute atomic E-state index is 0.625. The molecular formula is C14H20N2O2. The fourth-order valence-electron chi connectivity index (χ4n) is 1.91. The van der Waals surface area contributed by atoms with E-state index in [0.717, 1.165) is 42.3 Å². The number of furan rings is 1. The lowest BCUT2D eigenvalue weighted by atomic mass is 10.1. The molecule has 0 bridgehead atoms. The van der Waals surface area contributed by atoms with Crippen LogP contribution in [0.15, 0.2) is 27.6 Å². The summed E-state index contributed by atoms with van der Waals surface area (Å²) >= 11 is 0. The first-order valence-corrected chi connectivity index (χ1v) is 6.42. The minimum Gasteiger partial charge on any atom is -0.469 e. The van der Waals surface area contributed by atoms with E-state index >= 15 is 0 Å². The van der Waals surface area contributed by atoms with E-state index in [4.69, 9.17) is 8.83 Å².